The Kier molecular flexibility index (Phi) is 3.77. The van der Waals surface area contributed by atoms with E-state index in [0.29, 0.717) is 6.42 Å². The van der Waals surface area contributed by atoms with Crippen molar-refractivity contribution >= 4 is 12.4 Å². The van der Waals surface area contributed by atoms with Crippen LogP contribution in [0.15, 0.2) is 16.3 Å². The van der Waals surface area contributed by atoms with Crippen molar-refractivity contribution in [3.63, 3.8) is 0 Å². The van der Waals surface area contributed by atoms with Gasteiger partial charge in [0.15, 0.2) is 6.23 Å². The monoisotopic (exact) mass is 281 g/mol. The SMILES string of the molecule is CC1=C2C[C@H](NC(=O)OC(C)(C)C)C(O)N2C=N[C@H]1C. The number of aliphatic hydroxyl groups excluding tert-OH is 1. The molecule has 6 nitrogen and oxygen atoms in total. The van der Waals surface area contributed by atoms with E-state index in [9.17, 15) is 9.90 Å². The van der Waals surface area contributed by atoms with E-state index in [1.165, 1.54) is 0 Å². The van der Waals surface area contributed by atoms with Gasteiger partial charge in [0, 0.05) is 12.1 Å². The molecule has 2 N–H and O–H groups in total. The molecule has 1 unspecified atom stereocenters. The number of carbonyl (C=O) groups is 1. The minimum absolute atomic E-state index is 0.119. The molecule has 0 saturated carbocycles. The third-order valence-electron chi connectivity index (χ3n) is 3.57. The van der Waals surface area contributed by atoms with E-state index in [2.05, 4.69) is 10.3 Å². The fourth-order valence-electron chi connectivity index (χ4n) is 2.38. The predicted octanol–water partition coefficient (Wildman–Crippen LogP) is 1.61. The summed E-state index contributed by atoms with van der Waals surface area (Å²) in [6.07, 6.45) is 0.921. The van der Waals surface area contributed by atoms with Crippen LogP contribution >= 0.6 is 0 Å². The van der Waals surface area contributed by atoms with Crippen LogP contribution in [0.25, 0.3) is 0 Å². The summed E-state index contributed by atoms with van der Waals surface area (Å²) in [5.74, 6) is 0. The number of hydrogen-bond donors (Lipinski definition) is 2. The summed E-state index contributed by atoms with van der Waals surface area (Å²) in [5, 5.41) is 13.0. The predicted molar refractivity (Wildman–Crippen MR) is 76.3 cm³/mol. The fourth-order valence-corrected chi connectivity index (χ4v) is 2.38. The van der Waals surface area contributed by atoms with E-state index in [1.807, 2.05) is 34.6 Å². The number of nitrogens with one attached hydrogen (secondary N) is 1. The number of alkyl carbamates (subject to hydrolysis) is 1. The molecule has 2 heterocycles. The Morgan fingerprint density at radius 3 is 2.80 bits per heavy atom. The van der Waals surface area contributed by atoms with Gasteiger partial charge in [-0.25, -0.2) is 4.79 Å². The molecule has 2 aliphatic rings. The molecule has 0 spiro atoms. The first kappa shape index (κ1) is 14.8. The quantitative estimate of drug-likeness (QED) is 0.765. The highest BCUT2D eigenvalue weighted by atomic mass is 16.6. The van der Waals surface area contributed by atoms with Gasteiger partial charge in [0.2, 0.25) is 0 Å². The van der Waals surface area contributed by atoms with Gasteiger partial charge in [0.1, 0.15) is 5.60 Å². The lowest BCUT2D eigenvalue weighted by Gasteiger charge is -2.27. The van der Waals surface area contributed by atoms with Gasteiger partial charge in [-0.05, 0) is 40.2 Å². The van der Waals surface area contributed by atoms with Gasteiger partial charge in [-0.3, -0.25) is 4.99 Å². The standard InChI is InChI=1S/C14H23N3O3/c1-8-9(2)15-7-17-11(8)6-10(12(17)18)16-13(19)20-14(3,4)5/h7,9-10,12,18H,6H2,1-5H3,(H,16,19)/t9-,10-,12?/m0/s1. The molecule has 112 valence electrons. The number of amides is 1. The van der Waals surface area contributed by atoms with Crippen molar-refractivity contribution in [2.75, 3.05) is 0 Å². The maximum absolute atomic E-state index is 11.8. The highest BCUT2D eigenvalue weighted by molar-refractivity contribution is 5.69. The number of aliphatic imine (C=N–C) groups is 1. The zero-order valence-electron chi connectivity index (χ0n) is 12.7. The maximum atomic E-state index is 11.8. The van der Waals surface area contributed by atoms with Crippen LogP contribution in [0.5, 0.6) is 0 Å². The summed E-state index contributed by atoms with van der Waals surface area (Å²) in [6.45, 7) is 9.44. The number of ether oxygens (including phenoxy) is 1. The van der Waals surface area contributed by atoms with Crippen LogP contribution in [0, 0.1) is 0 Å². The molecule has 0 aromatic heterocycles. The highest BCUT2D eigenvalue weighted by Gasteiger charge is 2.39. The number of hydrogen-bond acceptors (Lipinski definition) is 5. The number of rotatable bonds is 1. The fraction of sp³-hybridized carbons (Fsp3) is 0.714. The van der Waals surface area contributed by atoms with Gasteiger partial charge in [0.05, 0.1) is 18.4 Å². The minimum atomic E-state index is -0.802. The summed E-state index contributed by atoms with van der Waals surface area (Å²) in [6, 6.07) is -0.264. The van der Waals surface area contributed by atoms with Gasteiger partial charge in [-0.2, -0.15) is 0 Å². The second kappa shape index (κ2) is 5.09. The Hall–Kier alpha value is -1.56. The molecular weight excluding hydrogens is 258 g/mol. The average Bonchev–Trinajstić information content (AvgIpc) is 2.60. The van der Waals surface area contributed by atoms with Crippen LogP contribution in [-0.2, 0) is 4.74 Å². The third kappa shape index (κ3) is 2.95. The van der Waals surface area contributed by atoms with Crippen molar-refractivity contribution in [2.45, 2.75) is 65.0 Å². The Morgan fingerprint density at radius 2 is 2.20 bits per heavy atom. The molecule has 0 aromatic carbocycles. The number of nitrogens with zero attached hydrogens (tertiary/aromatic N) is 2. The zero-order chi connectivity index (χ0) is 15.1. The number of aliphatic hydroxyl groups is 1. The highest BCUT2D eigenvalue weighted by Crippen LogP contribution is 2.32. The first-order valence-corrected chi connectivity index (χ1v) is 6.88. The van der Waals surface area contributed by atoms with E-state index in [4.69, 9.17) is 4.74 Å². The van der Waals surface area contributed by atoms with Crippen LogP contribution in [0.2, 0.25) is 0 Å². The lowest BCUT2D eigenvalue weighted by molar-refractivity contribution is 0.0350. The lowest BCUT2D eigenvalue weighted by Crippen LogP contribution is -2.46. The molecule has 20 heavy (non-hydrogen) atoms. The van der Waals surface area contributed by atoms with E-state index in [-0.39, 0.29) is 12.1 Å². The van der Waals surface area contributed by atoms with Gasteiger partial charge in [-0.15, -0.1) is 0 Å². The van der Waals surface area contributed by atoms with Gasteiger partial charge < -0.3 is 20.1 Å². The van der Waals surface area contributed by atoms with E-state index < -0.39 is 17.9 Å². The average molecular weight is 281 g/mol. The second-order valence-corrected chi connectivity index (χ2v) is 6.35. The first-order valence-electron chi connectivity index (χ1n) is 6.88. The molecule has 1 amide bonds. The zero-order valence-corrected chi connectivity index (χ0v) is 12.7. The van der Waals surface area contributed by atoms with E-state index in [0.717, 1.165) is 11.3 Å². The molecular formula is C14H23N3O3. The Labute approximate surface area is 119 Å². The molecule has 1 saturated heterocycles. The molecule has 2 rings (SSSR count). The maximum Gasteiger partial charge on any atom is 0.408 e. The Bertz CT molecular complexity index is 465. The summed E-state index contributed by atoms with van der Waals surface area (Å²) in [7, 11) is 0. The number of carbonyl (C=O) groups excluding carboxylic acids is 1. The number of fused-ring (bicyclic) bond motifs is 1. The molecule has 2 aliphatic heterocycles. The van der Waals surface area contributed by atoms with E-state index >= 15 is 0 Å². The summed E-state index contributed by atoms with van der Waals surface area (Å²) in [4.78, 5) is 17.8. The Balaban J connectivity index is 2.06. The second-order valence-electron chi connectivity index (χ2n) is 6.35. The van der Waals surface area contributed by atoms with Gasteiger partial charge >= 0.3 is 6.09 Å². The van der Waals surface area contributed by atoms with Crippen LogP contribution in [0.4, 0.5) is 4.79 Å². The van der Waals surface area contributed by atoms with E-state index in [1.54, 1.807) is 11.2 Å². The van der Waals surface area contributed by atoms with Crippen LogP contribution < -0.4 is 5.32 Å². The lowest BCUT2D eigenvalue weighted by atomic mass is 10.1. The summed E-state index contributed by atoms with van der Waals surface area (Å²) < 4.78 is 5.22. The van der Waals surface area contributed by atoms with Gasteiger partial charge in [0.25, 0.3) is 0 Å². The molecule has 0 radical (unpaired) electrons. The van der Waals surface area contributed by atoms with Crippen LogP contribution in [-0.4, -0.2) is 46.4 Å². The molecule has 0 aliphatic carbocycles. The molecule has 0 bridgehead atoms. The molecule has 0 aromatic rings. The van der Waals surface area contributed by atoms with Crippen molar-refractivity contribution in [1.82, 2.24) is 10.2 Å². The minimum Gasteiger partial charge on any atom is -0.444 e. The largest absolute Gasteiger partial charge is 0.444 e. The molecule has 3 atom stereocenters. The Morgan fingerprint density at radius 1 is 1.55 bits per heavy atom. The van der Waals surface area contributed by atoms with Gasteiger partial charge in [-0.1, -0.05) is 0 Å². The smallest absolute Gasteiger partial charge is 0.408 e. The van der Waals surface area contributed by atoms with Crippen LogP contribution in [0.3, 0.4) is 0 Å². The third-order valence-corrected chi connectivity index (χ3v) is 3.57. The summed E-state index contributed by atoms with van der Waals surface area (Å²) >= 11 is 0. The first-order chi connectivity index (χ1) is 9.19. The van der Waals surface area contributed by atoms with Crippen molar-refractivity contribution in [3.05, 3.63) is 11.3 Å². The molecule has 1 fully saturated rings. The van der Waals surface area contributed by atoms with Crippen LogP contribution in [0.1, 0.15) is 41.0 Å². The topological polar surface area (TPSA) is 74.2 Å². The van der Waals surface area contributed by atoms with Crippen molar-refractivity contribution in [2.24, 2.45) is 4.99 Å². The van der Waals surface area contributed by atoms with Crippen molar-refractivity contribution in [1.29, 1.82) is 0 Å². The molecule has 6 heteroatoms. The van der Waals surface area contributed by atoms with Crippen molar-refractivity contribution in [3.8, 4) is 0 Å². The van der Waals surface area contributed by atoms with Crippen molar-refractivity contribution < 1.29 is 14.6 Å². The summed E-state index contributed by atoms with van der Waals surface area (Å²) in [5.41, 5.74) is 1.60. The normalized spacial score (nSPS) is 29.5.